The monoisotopic (exact) mass is 262 g/mol. The van der Waals surface area contributed by atoms with E-state index in [0.717, 1.165) is 32.0 Å². The molecule has 0 aromatic carbocycles. The van der Waals surface area contributed by atoms with E-state index in [-0.39, 0.29) is 6.10 Å². The SMILES string of the molecule is CCN=C(N(C)C)N1CCC(Oc2ccccn2)C1. The maximum atomic E-state index is 5.89. The molecule has 0 radical (unpaired) electrons. The average Bonchev–Trinajstić information content (AvgIpc) is 2.85. The highest BCUT2D eigenvalue weighted by atomic mass is 16.5. The number of nitrogens with zero attached hydrogens (tertiary/aromatic N) is 4. The van der Waals surface area contributed by atoms with Crippen molar-refractivity contribution in [3.05, 3.63) is 24.4 Å². The van der Waals surface area contributed by atoms with Gasteiger partial charge in [-0.05, 0) is 13.0 Å². The summed E-state index contributed by atoms with van der Waals surface area (Å²) in [5.41, 5.74) is 0. The van der Waals surface area contributed by atoms with Crippen LogP contribution in [0.15, 0.2) is 29.4 Å². The molecule has 2 rings (SSSR count). The van der Waals surface area contributed by atoms with Crippen LogP contribution in [-0.4, -0.2) is 60.6 Å². The Morgan fingerprint density at radius 2 is 2.37 bits per heavy atom. The van der Waals surface area contributed by atoms with Crippen LogP contribution in [0.1, 0.15) is 13.3 Å². The molecule has 1 aliphatic rings. The Hall–Kier alpha value is -1.78. The van der Waals surface area contributed by atoms with E-state index in [9.17, 15) is 0 Å². The van der Waals surface area contributed by atoms with Gasteiger partial charge in [0, 0.05) is 45.9 Å². The van der Waals surface area contributed by atoms with Crippen LogP contribution < -0.4 is 4.74 Å². The minimum absolute atomic E-state index is 0.192. The molecule has 5 nitrogen and oxygen atoms in total. The van der Waals surface area contributed by atoms with Crippen LogP contribution in [0.2, 0.25) is 0 Å². The largest absolute Gasteiger partial charge is 0.472 e. The third-order valence-corrected chi connectivity index (χ3v) is 3.05. The Balaban J connectivity index is 1.94. The molecule has 1 aromatic heterocycles. The predicted molar refractivity (Wildman–Crippen MR) is 76.5 cm³/mol. The van der Waals surface area contributed by atoms with Gasteiger partial charge in [-0.3, -0.25) is 4.99 Å². The number of likely N-dealkylation sites (tertiary alicyclic amines) is 1. The van der Waals surface area contributed by atoms with Crippen LogP contribution in [0.4, 0.5) is 0 Å². The van der Waals surface area contributed by atoms with Gasteiger partial charge in [0.2, 0.25) is 5.88 Å². The van der Waals surface area contributed by atoms with Crippen molar-refractivity contribution < 1.29 is 4.74 Å². The van der Waals surface area contributed by atoms with Crippen LogP contribution in [0.25, 0.3) is 0 Å². The van der Waals surface area contributed by atoms with E-state index in [1.54, 1.807) is 6.20 Å². The molecule has 1 aliphatic heterocycles. The van der Waals surface area contributed by atoms with Gasteiger partial charge in [-0.2, -0.15) is 0 Å². The Morgan fingerprint density at radius 1 is 1.53 bits per heavy atom. The lowest BCUT2D eigenvalue weighted by Gasteiger charge is -2.26. The first kappa shape index (κ1) is 13.6. The number of guanidine groups is 1. The highest BCUT2D eigenvalue weighted by Crippen LogP contribution is 2.17. The Kier molecular flexibility index (Phi) is 4.60. The Labute approximate surface area is 114 Å². The fourth-order valence-corrected chi connectivity index (χ4v) is 2.26. The fraction of sp³-hybridized carbons (Fsp3) is 0.571. The molecule has 0 aliphatic carbocycles. The molecule has 5 heteroatoms. The molecule has 0 saturated carbocycles. The van der Waals surface area contributed by atoms with E-state index in [1.807, 2.05) is 32.3 Å². The third kappa shape index (κ3) is 3.59. The molecule has 0 N–H and O–H groups in total. The molecule has 0 amide bonds. The zero-order chi connectivity index (χ0) is 13.7. The van der Waals surface area contributed by atoms with Crippen molar-refractivity contribution in [2.45, 2.75) is 19.4 Å². The van der Waals surface area contributed by atoms with E-state index < -0.39 is 0 Å². The summed E-state index contributed by atoms with van der Waals surface area (Å²) in [5.74, 6) is 1.74. The second-order valence-corrected chi connectivity index (χ2v) is 4.81. The lowest BCUT2D eigenvalue weighted by atomic mass is 10.3. The number of rotatable bonds is 3. The van der Waals surface area contributed by atoms with E-state index in [0.29, 0.717) is 5.88 Å². The van der Waals surface area contributed by atoms with Gasteiger partial charge in [-0.1, -0.05) is 6.07 Å². The molecule has 1 fully saturated rings. The first-order chi connectivity index (χ1) is 9.20. The molecule has 19 heavy (non-hydrogen) atoms. The van der Waals surface area contributed by atoms with Crippen LogP contribution in [0, 0.1) is 0 Å². The van der Waals surface area contributed by atoms with E-state index in [2.05, 4.69) is 26.7 Å². The van der Waals surface area contributed by atoms with Gasteiger partial charge in [0.1, 0.15) is 6.10 Å². The fourth-order valence-electron chi connectivity index (χ4n) is 2.26. The summed E-state index contributed by atoms with van der Waals surface area (Å²) in [4.78, 5) is 13.1. The summed E-state index contributed by atoms with van der Waals surface area (Å²) in [6, 6.07) is 5.74. The molecule has 1 saturated heterocycles. The molecule has 104 valence electrons. The summed E-state index contributed by atoms with van der Waals surface area (Å²) in [6.07, 6.45) is 2.95. The lowest BCUT2D eigenvalue weighted by Crippen LogP contribution is -2.40. The van der Waals surface area contributed by atoms with Gasteiger partial charge in [0.25, 0.3) is 0 Å². The van der Waals surface area contributed by atoms with Crippen LogP contribution >= 0.6 is 0 Å². The van der Waals surface area contributed by atoms with Crippen molar-refractivity contribution in [2.24, 2.45) is 4.99 Å². The van der Waals surface area contributed by atoms with Crippen LogP contribution in [0.3, 0.4) is 0 Å². The predicted octanol–water partition coefficient (Wildman–Crippen LogP) is 1.47. The van der Waals surface area contributed by atoms with Crippen LogP contribution in [0.5, 0.6) is 5.88 Å². The highest BCUT2D eigenvalue weighted by Gasteiger charge is 2.27. The molecule has 1 aromatic rings. The van der Waals surface area contributed by atoms with Crippen molar-refractivity contribution in [1.29, 1.82) is 0 Å². The average molecular weight is 262 g/mol. The summed E-state index contributed by atoms with van der Waals surface area (Å²) in [6.45, 7) is 4.71. The first-order valence-corrected chi connectivity index (χ1v) is 6.75. The topological polar surface area (TPSA) is 41.0 Å². The van der Waals surface area contributed by atoms with Gasteiger partial charge in [-0.15, -0.1) is 0 Å². The summed E-state index contributed by atoms with van der Waals surface area (Å²) < 4.78 is 5.89. The zero-order valence-electron chi connectivity index (χ0n) is 11.9. The maximum Gasteiger partial charge on any atom is 0.213 e. The minimum Gasteiger partial charge on any atom is -0.472 e. The molecule has 0 spiro atoms. The smallest absolute Gasteiger partial charge is 0.213 e. The first-order valence-electron chi connectivity index (χ1n) is 6.75. The zero-order valence-corrected chi connectivity index (χ0v) is 11.9. The van der Waals surface area contributed by atoms with Gasteiger partial charge in [0.15, 0.2) is 5.96 Å². The minimum atomic E-state index is 0.192. The maximum absolute atomic E-state index is 5.89. The van der Waals surface area contributed by atoms with Crippen molar-refractivity contribution >= 4 is 5.96 Å². The molecule has 2 heterocycles. The second-order valence-electron chi connectivity index (χ2n) is 4.81. The Bertz CT molecular complexity index is 419. The summed E-state index contributed by atoms with van der Waals surface area (Å²) in [5, 5.41) is 0. The van der Waals surface area contributed by atoms with Crippen molar-refractivity contribution in [3.63, 3.8) is 0 Å². The van der Waals surface area contributed by atoms with Crippen molar-refractivity contribution in [2.75, 3.05) is 33.7 Å². The molecule has 1 atom stereocenters. The van der Waals surface area contributed by atoms with Crippen molar-refractivity contribution in [3.8, 4) is 5.88 Å². The number of hydrogen-bond acceptors (Lipinski definition) is 3. The van der Waals surface area contributed by atoms with E-state index in [4.69, 9.17) is 4.74 Å². The normalized spacial score (nSPS) is 19.6. The standard InChI is InChI=1S/C14H22N4O/c1-4-15-14(17(2)3)18-10-8-12(11-18)19-13-7-5-6-9-16-13/h5-7,9,12H,4,8,10-11H2,1-3H3. The van der Waals surface area contributed by atoms with Gasteiger partial charge in [0.05, 0.1) is 6.54 Å². The van der Waals surface area contributed by atoms with Gasteiger partial charge < -0.3 is 14.5 Å². The lowest BCUT2D eigenvalue weighted by molar-refractivity contribution is 0.204. The van der Waals surface area contributed by atoms with Crippen LogP contribution in [-0.2, 0) is 0 Å². The highest BCUT2D eigenvalue weighted by molar-refractivity contribution is 5.80. The Morgan fingerprint density at radius 3 is 3.00 bits per heavy atom. The number of aromatic nitrogens is 1. The van der Waals surface area contributed by atoms with Gasteiger partial charge >= 0.3 is 0 Å². The number of aliphatic imine (C=N–C) groups is 1. The number of pyridine rings is 1. The third-order valence-electron chi connectivity index (χ3n) is 3.05. The quantitative estimate of drug-likeness (QED) is 0.611. The van der Waals surface area contributed by atoms with E-state index in [1.165, 1.54) is 0 Å². The number of ether oxygens (including phenoxy) is 1. The van der Waals surface area contributed by atoms with Gasteiger partial charge in [-0.25, -0.2) is 4.98 Å². The summed E-state index contributed by atoms with van der Waals surface area (Å²) in [7, 11) is 4.06. The molecule has 0 bridgehead atoms. The second kappa shape index (κ2) is 6.41. The van der Waals surface area contributed by atoms with Crippen molar-refractivity contribution in [1.82, 2.24) is 14.8 Å². The van der Waals surface area contributed by atoms with E-state index >= 15 is 0 Å². The molecular formula is C14H22N4O. The molecular weight excluding hydrogens is 240 g/mol. The molecule has 1 unspecified atom stereocenters. The number of hydrogen-bond donors (Lipinski definition) is 0. The summed E-state index contributed by atoms with van der Waals surface area (Å²) >= 11 is 0.